The molecule has 0 aliphatic rings. The number of rotatable bonds is 7. The van der Waals surface area contributed by atoms with Gasteiger partial charge in [0.2, 0.25) is 5.91 Å². The molecule has 25 heavy (non-hydrogen) atoms. The Morgan fingerprint density at radius 3 is 2.72 bits per heavy atom. The molecule has 7 nitrogen and oxygen atoms in total. The number of nitrogens with one attached hydrogen (secondary N) is 3. The summed E-state index contributed by atoms with van der Waals surface area (Å²) in [6.45, 7) is 1.91. The Bertz CT molecular complexity index is 706. The molecular weight excluding hydrogens is 318 g/mol. The normalized spacial score (nSPS) is 11.4. The first-order valence-electron chi connectivity index (χ1n) is 8.19. The number of nitrogens with zero attached hydrogens (tertiary/aromatic N) is 2. The zero-order chi connectivity index (χ0) is 18.1. The second-order valence-electron chi connectivity index (χ2n) is 5.73. The quantitative estimate of drug-likeness (QED) is 0.717. The fourth-order valence-corrected chi connectivity index (χ4v) is 2.42. The van der Waals surface area contributed by atoms with Gasteiger partial charge < -0.3 is 16.0 Å². The lowest BCUT2D eigenvalue weighted by atomic mass is 10.1. The second kappa shape index (κ2) is 9.36. The average Bonchev–Trinajstić information content (AvgIpc) is 2.61. The van der Waals surface area contributed by atoms with Crippen LogP contribution < -0.4 is 16.0 Å². The molecule has 3 N–H and O–H groups in total. The summed E-state index contributed by atoms with van der Waals surface area (Å²) in [5.74, 6) is -0.0307. The molecule has 7 heteroatoms. The van der Waals surface area contributed by atoms with Gasteiger partial charge in [0.15, 0.2) is 0 Å². The third-order valence-corrected chi connectivity index (χ3v) is 3.68. The average molecular weight is 341 g/mol. The summed E-state index contributed by atoms with van der Waals surface area (Å²) in [5, 5.41) is 8.33. The maximum absolute atomic E-state index is 12.2. The number of amides is 3. The first-order valence-corrected chi connectivity index (χ1v) is 8.19. The van der Waals surface area contributed by atoms with Crippen molar-refractivity contribution < 1.29 is 9.59 Å². The summed E-state index contributed by atoms with van der Waals surface area (Å²) in [7, 11) is 1.61. The first kappa shape index (κ1) is 18.4. The lowest BCUT2D eigenvalue weighted by Gasteiger charge is -2.16. The SMILES string of the molecule is CNC(=O)CCc1ccccc1NC(=O)NC(C)Cc1cnccn1. The van der Waals surface area contributed by atoms with E-state index in [-0.39, 0.29) is 18.0 Å². The molecular formula is C18H23N5O2. The highest BCUT2D eigenvalue weighted by Gasteiger charge is 2.11. The standard InChI is InChI=1S/C18H23N5O2/c1-13(11-15-12-20-9-10-21-15)22-18(25)23-16-6-4-3-5-14(16)7-8-17(24)19-2/h3-6,9-10,12-13H,7-8,11H2,1-2H3,(H,19,24)(H2,22,23,25). The molecule has 0 bridgehead atoms. The smallest absolute Gasteiger partial charge is 0.319 e. The van der Waals surface area contributed by atoms with E-state index in [0.29, 0.717) is 24.9 Å². The van der Waals surface area contributed by atoms with Crippen molar-refractivity contribution >= 4 is 17.6 Å². The number of aromatic nitrogens is 2. The van der Waals surface area contributed by atoms with E-state index in [2.05, 4.69) is 25.9 Å². The van der Waals surface area contributed by atoms with Crippen LogP contribution in [0, 0.1) is 0 Å². The zero-order valence-electron chi connectivity index (χ0n) is 14.5. The molecule has 1 atom stereocenters. The highest BCUT2D eigenvalue weighted by Crippen LogP contribution is 2.16. The van der Waals surface area contributed by atoms with Crippen molar-refractivity contribution in [3.63, 3.8) is 0 Å². The van der Waals surface area contributed by atoms with Gasteiger partial charge in [0.05, 0.1) is 5.69 Å². The molecule has 1 aromatic carbocycles. The summed E-state index contributed by atoms with van der Waals surface area (Å²) < 4.78 is 0. The minimum absolute atomic E-state index is 0.0307. The summed E-state index contributed by atoms with van der Waals surface area (Å²) in [5.41, 5.74) is 2.44. The molecule has 0 saturated carbocycles. The number of benzene rings is 1. The number of anilines is 1. The maximum Gasteiger partial charge on any atom is 0.319 e. The van der Waals surface area contributed by atoms with Gasteiger partial charge in [-0.05, 0) is 25.0 Å². The Hall–Kier alpha value is -2.96. The van der Waals surface area contributed by atoms with E-state index in [1.807, 2.05) is 31.2 Å². The molecule has 1 heterocycles. The Balaban J connectivity index is 1.90. The second-order valence-corrected chi connectivity index (χ2v) is 5.73. The summed E-state index contributed by atoms with van der Waals surface area (Å²) in [4.78, 5) is 31.9. The molecule has 132 valence electrons. The van der Waals surface area contributed by atoms with Crippen LogP contribution in [-0.2, 0) is 17.6 Å². The Kier molecular flexibility index (Phi) is 6.88. The number of para-hydroxylation sites is 1. The predicted molar refractivity (Wildman–Crippen MR) is 96.2 cm³/mol. The topological polar surface area (TPSA) is 96.0 Å². The summed E-state index contributed by atoms with van der Waals surface area (Å²) in [6.07, 6.45) is 6.46. The van der Waals surface area contributed by atoms with Gasteiger partial charge in [-0.15, -0.1) is 0 Å². The molecule has 0 fully saturated rings. The lowest BCUT2D eigenvalue weighted by Crippen LogP contribution is -2.37. The van der Waals surface area contributed by atoms with Gasteiger partial charge >= 0.3 is 6.03 Å². The minimum atomic E-state index is -0.288. The largest absolute Gasteiger partial charge is 0.359 e. The van der Waals surface area contributed by atoms with Crippen LogP contribution >= 0.6 is 0 Å². The van der Waals surface area contributed by atoms with Gasteiger partial charge in [0.1, 0.15) is 0 Å². The monoisotopic (exact) mass is 341 g/mol. The molecule has 3 amide bonds. The van der Waals surface area contributed by atoms with Gasteiger partial charge in [-0.2, -0.15) is 0 Å². The number of carbonyl (C=O) groups excluding carboxylic acids is 2. The van der Waals surface area contributed by atoms with Crippen LogP contribution in [0.15, 0.2) is 42.9 Å². The van der Waals surface area contributed by atoms with Crippen molar-refractivity contribution in [2.24, 2.45) is 0 Å². The van der Waals surface area contributed by atoms with E-state index in [4.69, 9.17) is 0 Å². The number of hydrogen-bond acceptors (Lipinski definition) is 4. The number of carbonyl (C=O) groups is 2. The number of hydrogen-bond donors (Lipinski definition) is 3. The van der Waals surface area contributed by atoms with Gasteiger partial charge in [-0.1, -0.05) is 18.2 Å². The summed E-state index contributed by atoms with van der Waals surface area (Å²) in [6, 6.07) is 7.09. The van der Waals surface area contributed by atoms with Crippen molar-refractivity contribution in [1.82, 2.24) is 20.6 Å². The molecule has 1 unspecified atom stereocenters. The highest BCUT2D eigenvalue weighted by atomic mass is 16.2. The third kappa shape index (κ3) is 6.21. The molecule has 2 rings (SSSR count). The van der Waals surface area contributed by atoms with E-state index in [1.165, 1.54) is 0 Å². The lowest BCUT2D eigenvalue weighted by molar-refractivity contribution is -0.120. The third-order valence-electron chi connectivity index (χ3n) is 3.68. The Labute approximate surface area is 147 Å². The van der Waals surface area contributed by atoms with E-state index >= 15 is 0 Å². The van der Waals surface area contributed by atoms with Crippen molar-refractivity contribution in [1.29, 1.82) is 0 Å². The van der Waals surface area contributed by atoms with Crippen molar-refractivity contribution in [3.8, 4) is 0 Å². The van der Waals surface area contributed by atoms with Crippen LogP contribution in [-0.4, -0.2) is 35.0 Å². The van der Waals surface area contributed by atoms with Crippen molar-refractivity contribution in [3.05, 3.63) is 54.1 Å². The maximum atomic E-state index is 12.2. The van der Waals surface area contributed by atoms with Crippen LogP contribution in [0.2, 0.25) is 0 Å². The molecule has 0 saturated heterocycles. The van der Waals surface area contributed by atoms with E-state index in [1.54, 1.807) is 25.6 Å². The molecule has 1 aromatic heterocycles. The van der Waals surface area contributed by atoms with E-state index < -0.39 is 0 Å². The molecule has 0 radical (unpaired) electrons. The van der Waals surface area contributed by atoms with Crippen molar-refractivity contribution in [2.75, 3.05) is 12.4 Å². The Morgan fingerprint density at radius 2 is 2.00 bits per heavy atom. The number of urea groups is 1. The van der Waals surface area contributed by atoms with Gasteiger partial charge in [-0.25, -0.2) is 4.79 Å². The fourth-order valence-electron chi connectivity index (χ4n) is 2.42. The highest BCUT2D eigenvalue weighted by molar-refractivity contribution is 5.90. The van der Waals surface area contributed by atoms with Crippen LogP contribution in [0.25, 0.3) is 0 Å². The summed E-state index contributed by atoms with van der Waals surface area (Å²) >= 11 is 0. The van der Waals surface area contributed by atoms with Gasteiger partial charge in [-0.3, -0.25) is 14.8 Å². The van der Waals surface area contributed by atoms with Crippen LogP contribution in [0.5, 0.6) is 0 Å². The number of aryl methyl sites for hydroxylation is 1. The van der Waals surface area contributed by atoms with Crippen molar-refractivity contribution in [2.45, 2.75) is 32.2 Å². The van der Waals surface area contributed by atoms with E-state index in [0.717, 1.165) is 11.3 Å². The molecule has 0 spiro atoms. The zero-order valence-corrected chi connectivity index (χ0v) is 14.5. The predicted octanol–water partition coefficient (Wildman–Crippen LogP) is 1.91. The van der Waals surface area contributed by atoms with Crippen LogP contribution in [0.1, 0.15) is 24.6 Å². The minimum Gasteiger partial charge on any atom is -0.359 e. The first-order chi connectivity index (χ1) is 12.1. The van der Waals surface area contributed by atoms with Crippen LogP contribution in [0.3, 0.4) is 0 Å². The molecule has 0 aliphatic carbocycles. The fraction of sp³-hybridized carbons (Fsp3) is 0.333. The van der Waals surface area contributed by atoms with Crippen LogP contribution in [0.4, 0.5) is 10.5 Å². The molecule has 2 aromatic rings. The van der Waals surface area contributed by atoms with Gasteiger partial charge in [0.25, 0.3) is 0 Å². The molecule has 0 aliphatic heterocycles. The van der Waals surface area contributed by atoms with E-state index in [9.17, 15) is 9.59 Å². The van der Waals surface area contributed by atoms with Gasteiger partial charge in [0, 0.05) is 50.2 Å². The Morgan fingerprint density at radius 1 is 1.20 bits per heavy atom.